The first-order chi connectivity index (χ1) is 16.6. The Kier molecular flexibility index (Phi) is 5.93. The number of pyridine rings is 2. The number of nitrogens with one attached hydrogen (secondary N) is 1. The third kappa shape index (κ3) is 4.13. The van der Waals surface area contributed by atoms with Gasteiger partial charge in [-0.1, -0.05) is 0 Å². The molecule has 0 radical (unpaired) electrons. The second-order valence-corrected chi connectivity index (χ2v) is 10.9. The molecule has 2 aliphatic rings. The molecule has 186 valence electrons. The summed E-state index contributed by atoms with van der Waals surface area (Å²) in [4.78, 5) is 25.6. The van der Waals surface area contributed by atoms with Crippen molar-refractivity contribution in [2.24, 2.45) is 5.73 Å². The number of rotatable bonds is 4. The van der Waals surface area contributed by atoms with Crippen molar-refractivity contribution < 1.29 is 13.9 Å². The minimum absolute atomic E-state index is 0.183. The molecule has 8 nitrogen and oxygen atoms in total. The van der Waals surface area contributed by atoms with Gasteiger partial charge in [-0.25, -0.2) is 14.4 Å². The predicted molar refractivity (Wildman–Crippen MR) is 137 cm³/mol. The predicted octanol–water partition coefficient (Wildman–Crippen LogP) is 2.87. The number of nitrogens with two attached hydrogens (primary N) is 2. The highest BCUT2D eigenvalue weighted by atomic mass is 32.1. The number of hydrogen-bond acceptors (Lipinski definition) is 8. The molecular formula is C25H31FN6O2S. The van der Waals surface area contributed by atoms with E-state index in [1.165, 1.54) is 17.4 Å². The van der Waals surface area contributed by atoms with Crippen molar-refractivity contribution in [3.8, 4) is 0 Å². The number of thiophene rings is 1. The van der Waals surface area contributed by atoms with Gasteiger partial charge in [0.25, 0.3) is 5.91 Å². The lowest BCUT2D eigenvalue weighted by Gasteiger charge is -2.28. The molecule has 0 aromatic carbocycles. The van der Waals surface area contributed by atoms with E-state index in [2.05, 4.69) is 10.3 Å². The highest BCUT2D eigenvalue weighted by Gasteiger charge is 2.42. The number of halogens is 1. The molecule has 1 amide bonds. The number of aromatic nitrogens is 2. The average molecular weight is 499 g/mol. The number of aryl methyl sites for hydroxylation is 3. The maximum absolute atomic E-state index is 15.2. The van der Waals surface area contributed by atoms with Crippen molar-refractivity contribution in [1.82, 2.24) is 15.3 Å². The summed E-state index contributed by atoms with van der Waals surface area (Å²) in [6.45, 7) is 6.96. The fourth-order valence-electron chi connectivity index (χ4n) is 5.21. The van der Waals surface area contributed by atoms with Crippen LogP contribution in [-0.4, -0.2) is 53.8 Å². The van der Waals surface area contributed by atoms with Crippen LogP contribution in [0.4, 0.5) is 15.9 Å². The largest absolute Gasteiger partial charge is 0.397 e. The Balaban J connectivity index is 1.33. The van der Waals surface area contributed by atoms with E-state index in [1.54, 1.807) is 7.11 Å². The summed E-state index contributed by atoms with van der Waals surface area (Å²) in [5.41, 5.74) is 15.7. The van der Waals surface area contributed by atoms with Crippen molar-refractivity contribution in [2.75, 3.05) is 30.8 Å². The molecule has 35 heavy (non-hydrogen) atoms. The molecule has 3 atom stereocenters. The molecule has 0 saturated carbocycles. The first kappa shape index (κ1) is 23.9. The molecule has 0 spiro atoms. The van der Waals surface area contributed by atoms with Crippen LogP contribution in [0.15, 0.2) is 12.1 Å². The summed E-state index contributed by atoms with van der Waals surface area (Å²) in [7, 11) is 1.64. The van der Waals surface area contributed by atoms with Gasteiger partial charge in [0.05, 0.1) is 17.3 Å². The van der Waals surface area contributed by atoms with Crippen LogP contribution in [0.25, 0.3) is 10.2 Å². The molecule has 3 unspecified atom stereocenters. The fraction of sp³-hybridized carbons (Fsp3) is 0.480. The number of carbonyl (C=O) groups is 1. The number of carbonyl (C=O) groups excluding carboxylic acids is 1. The number of anilines is 2. The van der Waals surface area contributed by atoms with Crippen LogP contribution in [0, 0.1) is 19.7 Å². The molecule has 1 aliphatic carbocycles. The first-order valence-electron chi connectivity index (χ1n) is 11.8. The smallest absolute Gasteiger partial charge is 0.263 e. The van der Waals surface area contributed by atoms with Gasteiger partial charge in [0.15, 0.2) is 0 Å². The Labute approximate surface area is 207 Å². The zero-order valence-corrected chi connectivity index (χ0v) is 21.3. The minimum Gasteiger partial charge on any atom is -0.397 e. The first-order valence-corrected chi connectivity index (χ1v) is 12.6. The summed E-state index contributed by atoms with van der Waals surface area (Å²) >= 11 is 1.29. The van der Waals surface area contributed by atoms with E-state index in [1.807, 2.05) is 31.7 Å². The van der Waals surface area contributed by atoms with Crippen LogP contribution >= 0.6 is 11.3 Å². The number of hydrogen-bond donors (Lipinski definition) is 3. The molecule has 3 aromatic rings. The second kappa shape index (κ2) is 8.69. The third-order valence-electron chi connectivity index (χ3n) is 7.38. The van der Waals surface area contributed by atoms with Gasteiger partial charge < -0.3 is 26.4 Å². The molecule has 5 N–H and O–H groups in total. The summed E-state index contributed by atoms with van der Waals surface area (Å²) in [6, 6.07) is 3.05. The number of nitrogens with zero attached hydrogens (tertiary/aromatic N) is 3. The van der Waals surface area contributed by atoms with Crippen molar-refractivity contribution in [2.45, 2.75) is 57.7 Å². The molecule has 3 aromatic heterocycles. The topological polar surface area (TPSA) is 119 Å². The lowest BCUT2D eigenvalue weighted by Crippen LogP contribution is -2.45. The number of ether oxygens (including phenoxy) is 1. The van der Waals surface area contributed by atoms with Gasteiger partial charge in [-0.3, -0.25) is 4.79 Å². The second-order valence-electron chi connectivity index (χ2n) is 9.91. The third-order valence-corrected chi connectivity index (χ3v) is 8.48. The fourth-order valence-corrected chi connectivity index (χ4v) is 6.33. The van der Waals surface area contributed by atoms with E-state index in [0.717, 1.165) is 27.2 Å². The Morgan fingerprint density at radius 3 is 2.83 bits per heavy atom. The molecule has 0 bridgehead atoms. The molecular weight excluding hydrogens is 467 g/mol. The van der Waals surface area contributed by atoms with Gasteiger partial charge in [0.2, 0.25) is 0 Å². The van der Waals surface area contributed by atoms with E-state index in [4.69, 9.17) is 21.2 Å². The van der Waals surface area contributed by atoms with Crippen molar-refractivity contribution in [1.29, 1.82) is 0 Å². The maximum atomic E-state index is 15.2. The number of fused-ring (bicyclic) bond motifs is 2. The molecule has 1 aliphatic heterocycles. The van der Waals surface area contributed by atoms with E-state index in [0.29, 0.717) is 54.3 Å². The number of methoxy groups -OCH3 is 1. The van der Waals surface area contributed by atoms with Gasteiger partial charge >= 0.3 is 0 Å². The van der Waals surface area contributed by atoms with Gasteiger partial charge in [-0.05, 0) is 51.7 Å². The highest BCUT2D eigenvalue weighted by Crippen LogP contribution is 2.36. The van der Waals surface area contributed by atoms with Gasteiger partial charge in [0, 0.05) is 54.6 Å². The van der Waals surface area contributed by atoms with Crippen LogP contribution < -0.4 is 21.7 Å². The number of amides is 1. The normalized spacial score (nSPS) is 24.1. The zero-order chi connectivity index (χ0) is 25.1. The lowest BCUT2D eigenvalue weighted by molar-refractivity contribution is 0.0129. The van der Waals surface area contributed by atoms with Crippen molar-refractivity contribution in [3.05, 3.63) is 45.3 Å². The van der Waals surface area contributed by atoms with Crippen molar-refractivity contribution in [3.63, 3.8) is 0 Å². The Morgan fingerprint density at radius 2 is 2.11 bits per heavy atom. The van der Waals surface area contributed by atoms with Crippen molar-refractivity contribution >= 4 is 39.0 Å². The van der Waals surface area contributed by atoms with Crippen LogP contribution in [0.1, 0.15) is 45.5 Å². The average Bonchev–Trinajstić information content (AvgIpc) is 3.30. The quantitative estimate of drug-likeness (QED) is 0.506. The Hall–Kier alpha value is -2.82. The highest BCUT2D eigenvalue weighted by molar-refractivity contribution is 7.21. The van der Waals surface area contributed by atoms with E-state index in [9.17, 15) is 4.79 Å². The molecule has 10 heteroatoms. The standard InChI is InChI=1S/C25H31FN6O2S/c1-12-7-13(2)29-24-20(12)21(28)22(35-24)23(33)30-14-5-6-17-15(8-14)16(26)9-19(31-17)32-10-18(27)25(3,11-32)34-4/h7,9,14,18H,5-6,8,10-11,27-28H2,1-4H3,(H,30,33). The van der Waals surface area contributed by atoms with E-state index >= 15 is 4.39 Å². The SMILES string of the molecule is COC1(C)CN(c2cc(F)c3c(n2)CCC(NC(=O)c2sc4nc(C)cc(C)c4c2N)C3)CC1N. The maximum Gasteiger partial charge on any atom is 0.263 e. The number of nitrogen functional groups attached to an aromatic ring is 1. The van der Waals surface area contributed by atoms with Crippen LogP contribution in [0.3, 0.4) is 0 Å². The zero-order valence-electron chi connectivity index (χ0n) is 20.4. The van der Waals surface area contributed by atoms with Crippen LogP contribution in [-0.2, 0) is 17.6 Å². The monoisotopic (exact) mass is 498 g/mol. The van der Waals surface area contributed by atoms with E-state index < -0.39 is 5.60 Å². The molecule has 1 fully saturated rings. The molecule has 1 saturated heterocycles. The van der Waals surface area contributed by atoms with Gasteiger partial charge in [0.1, 0.15) is 21.3 Å². The van der Waals surface area contributed by atoms with Gasteiger partial charge in [-0.15, -0.1) is 11.3 Å². The van der Waals surface area contributed by atoms with E-state index in [-0.39, 0.29) is 23.8 Å². The van der Waals surface area contributed by atoms with Gasteiger partial charge in [-0.2, -0.15) is 0 Å². The Bertz CT molecular complexity index is 1330. The lowest BCUT2D eigenvalue weighted by atomic mass is 9.91. The van der Waals surface area contributed by atoms with Crippen LogP contribution in [0.2, 0.25) is 0 Å². The molecule has 4 heterocycles. The summed E-state index contributed by atoms with van der Waals surface area (Å²) < 4.78 is 20.8. The summed E-state index contributed by atoms with van der Waals surface area (Å²) in [5.74, 6) is 0.0299. The Morgan fingerprint density at radius 1 is 1.34 bits per heavy atom. The summed E-state index contributed by atoms with van der Waals surface area (Å²) in [6.07, 6.45) is 1.63. The van der Waals surface area contributed by atoms with Crippen LogP contribution in [0.5, 0.6) is 0 Å². The minimum atomic E-state index is -0.495. The molecule has 5 rings (SSSR count). The summed E-state index contributed by atoms with van der Waals surface area (Å²) in [5, 5.41) is 3.89.